The van der Waals surface area contributed by atoms with Gasteiger partial charge >= 0.3 is 286 Å². The molecule has 7 rings (SSSR count). The molecule has 11 nitrogen and oxygen atoms in total. The summed E-state index contributed by atoms with van der Waals surface area (Å²) in [4.78, 5) is 16.1. The van der Waals surface area contributed by atoms with Crippen LogP contribution in [0.1, 0.15) is 136 Å². The molecule has 5 N–H and O–H groups in total. The second kappa shape index (κ2) is 76.7. The normalized spacial score (nSPS) is 16.2. The number of nitrogens with one attached hydrogen (secondary N) is 1. The number of ether oxygens (including phenoxy) is 1. The molecule has 1 aliphatic carbocycles. The molecule has 0 aromatic carbocycles. The van der Waals surface area contributed by atoms with Crippen LogP contribution in [-0.4, -0.2) is 206 Å². The second-order valence-electron chi connectivity index (χ2n) is 18.4. The van der Waals surface area contributed by atoms with Gasteiger partial charge in [-0.1, -0.05) is 67.2 Å². The number of thiocarbonyl (C=S) groups is 8. The van der Waals surface area contributed by atoms with Crippen LogP contribution in [0, 0.1) is 0 Å². The number of likely N-dealkylation sites (tertiary alicyclic amines) is 4. The molecule has 0 spiro atoms. The van der Waals surface area contributed by atoms with Gasteiger partial charge in [-0.05, 0) is 116 Å². The van der Waals surface area contributed by atoms with Gasteiger partial charge in [-0.15, -0.1) is 0 Å². The van der Waals surface area contributed by atoms with Crippen LogP contribution in [-0.2, 0) is 106 Å². The van der Waals surface area contributed by atoms with E-state index in [4.69, 9.17) is 179 Å². The quantitative estimate of drug-likeness (QED) is 0.159. The first kappa shape index (κ1) is 111. The summed E-state index contributed by atoms with van der Waals surface area (Å²) in [5.74, 6) is 0. The van der Waals surface area contributed by atoms with E-state index >= 15 is 0 Å². The Hall–Kier alpha value is 9.94. The molecule has 82 heavy (non-hydrogen) atoms. The van der Waals surface area contributed by atoms with Crippen molar-refractivity contribution in [3.63, 3.8) is 0 Å². The zero-order chi connectivity index (χ0) is 57.0. The minimum atomic E-state index is 0. The van der Waals surface area contributed by atoms with Gasteiger partial charge in [0.05, 0.1) is 13.2 Å². The Balaban J connectivity index is -0.000000104. The fraction of sp³-hybridized carbons (Fsp3) is 0.837. The summed E-state index contributed by atoms with van der Waals surface area (Å²) in [6, 6.07) is 0.633. The van der Waals surface area contributed by atoms with Crippen LogP contribution in [0.3, 0.4) is 0 Å². The van der Waals surface area contributed by atoms with Gasteiger partial charge in [-0.25, -0.2) is 0 Å². The second-order valence-corrected chi connectivity index (χ2v) is 26.6. The Morgan fingerprint density at radius 1 is 0.415 bits per heavy atom. The van der Waals surface area contributed by atoms with E-state index in [-0.39, 0.29) is 293 Å². The van der Waals surface area contributed by atoms with Crippen LogP contribution in [0.4, 0.5) is 0 Å². The molecule has 7 aliphatic rings. The van der Waals surface area contributed by atoms with E-state index in [9.17, 15) is 0 Å². The van der Waals surface area contributed by atoms with Gasteiger partial charge in [0, 0.05) is 106 Å². The van der Waals surface area contributed by atoms with E-state index in [1.165, 1.54) is 129 Å². The topological polar surface area (TPSA) is 83.7 Å². The van der Waals surface area contributed by atoms with Crippen LogP contribution < -0.4 is 298 Å². The van der Waals surface area contributed by atoms with Crippen molar-refractivity contribution < 1.29 is 291 Å². The van der Waals surface area contributed by atoms with Crippen LogP contribution in [0.25, 0.3) is 0 Å². The Bertz CT molecular complexity index is 1490. The molecule has 0 aromatic heterocycles. The average molecular weight is 1570 g/mol. The van der Waals surface area contributed by atoms with Crippen LogP contribution in [0.5, 0.6) is 0 Å². The van der Waals surface area contributed by atoms with Crippen molar-refractivity contribution in [3.8, 4) is 0 Å². The van der Waals surface area contributed by atoms with Gasteiger partial charge in [-0.3, -0.25) is 0 Å². The first-order valence-electron chi connectivity index (χ1n) is 26.5. The van der Waals surface area contributed by atoms with E-state index in [2.05, 4.69) is 61.6 Å². The molecular formula is C49H91K5N10NaOS16-. The van der Waals surface area contributed by atoms with Crippen LogP contribution in [0.2, 0.25) is 0 Å². The molecule has 6 saturated heterocycles. The van der Waals surface area contributed by atoms with Crippen LogP contribution in [0.15, 0.2) is 0 Å². The Labute approximate surface area is 823 Å². The van der Waals surface area contributed by atoms with Crippen molar-refractivity contribution in [3.05, 3.63) is 0 Å². The van der Waals surface area contributed by atoms with Gasteiger partial charge in [0.25, 0.3) is 0 Å². The predicted octanol–water partition coefficient (Wildman–Crippen LogP) is -8.24. The Morgan fingerprint density at radius 3 is 0.854 bits per heavy atom. The van der Waals surface area contributed by atoms with E-state index in [0.717, 1.165) is 98.2 Å². The molecule has 7 fully saturated rings. The smallest absolute Gasteiger partial charge is 0.411 e. The fourth-order valence-electron chi connectivity index (χ4n) is 7.67. The number of morpholine rings is 1. The first-order chi connectivity index (χ1) is 35.6. The summed E-state index contributed by atoms with van der Waals surface area (Å²) < 4.78 is 9.98. The van der Waals surface area contributed by atoms with Crippen LogP contribution >= 0.6 is 97.7 Å². The largest absolute Gasteiger partial charge is 1.00 e. The molecule has 0 aromatic rings. The molecule has 0 unspecified atom stereocenters. The first-order valence-corrected chi connectivity index (χ1v) is 33.0. The zero-order valence-corrected chi connectivity index (χ0v) is 83.0. The maximum absolute atomic E-state index is 5.10. The number of hydrogen-bond acceptors (Lipinski definition) is 18. The number of piperidine rings is 3. The molecule has 0 bridgehead atoms. The summed E-state index contributed by atoms with van der Waals surface area (Å²) in [7, 11) is 5.82. The summed E-state index contributed by atoms with van der Waals surface area (Å²) in [6.07, 6.45) is 24.7. The minimum absolute atomic E-state index is 0. The molecule has 0 radical (unpaired) electrons. The minimum Gasteiger partial charge on any atom is -0.411 e. The van der Waals surface area contributed by atoms with Crippen molar-refractivity contribution >= 4 is 233 Å². The summed E-state index contributed by atoms with van der Waals surface area (Å²) in [5.41, 5.74) is 0. The molecule has 446 valence electrons. The van der Waals surface area contributed by atoms with E-state index in [1.54, 1.807) is 0 Å². The van der Waals surface area contributed by atoms with Crippen molar-refractivity contribution in [2.75, 3.05) is 126 Å². The molecule has 6 aliphatic heterocycles. The van der Waals surface area contributed by atoms with Crippen molar-refractivity contribution in [1.29, 1.82) is 0 Å². The monoisotopic (exact) mass is 1570 g/mol. The number of quaternary nitrogens is 1. The SMILES string of the molecule is C1CCNCC1.CCCN(C)C(=S)[S-].CCN(C)C(=S)[S-].CN(C(=S)[S-])C1CCCCC1.S=C([S-])N1CCCC1.S=C([S-])N1CCCC1.S=C([S-])N1CCCCC1.S=C([S-])N1CCCCC1.S=C([S-])N1CCOCC1.[K+].[K+].[K+].[K+].[K+].[NH4+].[Na+]. The molecule has 0 amide bonds. The van der Waals surface area contributed by atoms with E-state index < -0.39 is 0 Å². The van der Waals surface area contributed by atoms with Gasteiger partial charge in [0.15, 0.2) is 0 Å². The average Bonchev–Trinajstić information content (AvgIpc) is 4.19. The van der Waals surface area contributed by atoms with E-state index in [0.29, 0.717) is 40.6 Å². The molecular weight excluding hydrogens is 1480 g/mol. The maximum Gasteiger partial charge on any atom is 1.00 e. The number of nitrogens with zero attached hydrogens (tertiary/aromatic N) is 8. The Kier molecular flexibility index (Phi) is 103. The molecule has 1 saturated carbocycles. The predicted molar refractivity (Wildman–Crippen MR) is 383 cm³/mol. The Morgan fingerprint density at radius 2 is 0.683 bits per heavy atom. The fourth-order valence-corrected chi connectivity index (χ4v) is 10.2. The zero-order valence-electron chi connectivity index (χ0n) is 52.3. The third kappa shape index (κ3) is 67.1. The van der Waals surface area contributed by atoms with E-state index in [1.807, 2.05) is 42.8 Å². The van der Waals surface area contributed by atoms with Crippen molar-refractivity contribution in [2.24, 2.45) is 0 Å². The van der Waals surface area contributed by atoms with Gasteiger partial charge in [0.1, 0.15) is 0 Å². The standard InChI is InChI=1S/C8H15NS2.2C6H11NS2.C5H9NOS2.2C5H9NS2.C5H11NS2.C5H11N.C4H9NS2.5K.H3N.Na/c1-9(8(10)11)7-5-3-2-4-6-7;2*8-6(9)7-4-2-1-3-5-7;8-5(9)6-1-3-7-4-2-6;2*7-5(8)6-3-1-2-4-6;1-3-4-6(2)5(7)8;1-2-4-6-5-3-1;1-3-5(2)4(6)7;;;;;;;/h7H,2-6H2,1H3,(H,10,11);2*1-5H2,(H,8,9);1-4H2,(H,8,9);2*1-4H2,(H,7,8);3-4H2,1-2H3,(H,7,8);6H,1-5H2;3H2,1-2H3,(H,6,7);;;;;;1H3;/q;;;;;;;;;5*+1;;+1/p-7. The molecule has 0 atom stereocenters. The summed E-state index contributed by atoms with van der Waals surface area (Å²) in [6.45, 7) is 20.4. The summed E-state index contributed by atoms with van der Waals surface area (Å²) >= 11 is 76.9. The maximum atomic E-state index is 5.10. The number of hydrogen-bond donors (Lipinski definition) is 2. The third-order valence-electron chi connectivity index (χ3n) is 12.5. The third-order valence-corrected chi connectivity index (χ3v) is 16.9. The van der Waals surface area contributed by atoms with Crippen molar-refractivity contribution in [2.45, 2.75) is 142 Å². The van der Waals surface area contributed by atoms with Gasteiger partial charge in [-0.2, -0.15) is 0 Å². The molecule has 6 heterocycles. The number of rotatable bonds is 4. The molecule has 33 heteroatoms. The van der Waals surface area contributed by atoms with Gasteiger partial charge < -0.3 is 254 Å². The summed E-state index contributed by atoms with van der Waals surface area (Å²) in [5, 5.41) is 3.28. The van der Waals surface area contributed by atoms with Crippen molar-refractivity contribution in [1.82, 2.24) is 50.7 Å². The van der Waals surface area contributed by atoms with Gasteiger partial charge in [0.2, 0.25) is 0 Å².